The fraction of sp³-hybridized carbons (Fsp3) is 0.0556. The van der Waals surface area contributed by atoms with E-state index in [1.54, 1.807) is 18.2 Å². The molecule has 124 valence electrons. The van der Waals surface area contributed by atoms with Crippen LogP contribution < -0.4 is 0 Å². The summed E-state index contributed by atoms with van der Waals surface area (Å²) in [5, 5.41) is 6.95. The average Bonchev–Trinajstić information content (AvgIpc) is 2.87. The van der Waals surface area contributed by atoms with E-state index in [2.05, 4.69) is 10.2 Å². The van der Waals surface area contributed by atoms with Crippen molar-refractivity contribution in [3.05, 3.63) is 71.2 Å². The van der Waals surface area contributed by atoms with E-state index in [1.807, 2.05) is 0 Å². The van der Waals surface area contributed by atoms with Gasteiger partial charge >= 0.3 is 6.18 Å². The van der Waals surface area contributed by atoms with Crippen LogP contribution in [-0.2, 0) is 6.18 Å². The van der Waals surface area contributed by atoms with E-state index in [-0.39, 0.29) is 22.4 Å². The molecule has 1 aliphatic rings. The Bertz CT molecular complexity index is 1030. The van der Waals surface area contributed by atoms with Crippen LogP contribution in [0.3, 0.4) is 0 Å². The van der Waals surface area contributed by atoms with Crippen LogP contribution in [0.15, 0.2) is 48.5 Å². The van der Waals surface area contributed by atoms with Gasteiger partial charge in [-0.1, -0.05) is 36.4 Å². The lowest BCUT2D eigenvalue weighted by Gasteiger charge is -2.14. The Morgan fingerprint density at radius 2 is 1.56 bits per heavy atom. The fourth-order valence-electron chi connectivity index (χ4n) is 2.99. The van der Waals surface area contributed by atoms with Crippen molar-refractivity contribution in [1.29, 1.82) is 0 Å². The van der Waals surface area contributed by atoms with E-state index in [0.29, 0.717) is 5.56 Å². The number of alkyl halides is 3. The Hall–Kier alpha value is -3.09. The highest BCUT2D eigenvalue weighted by Gasteiger charge is 2.42. The first-order valence-corrected chi connectivity index (χ1v) is 7.26. The zero-order chi connectivity index (χ0) is 17.8. The third-order valence-electron chi connectivity index (χ3n) is 4.01. The number of hydrogen-bond donors (Lipinski definition) is 0. The van der Waals surface area contributed by atoms with Crippen molar-refractivity contribution in [3.8, 4) is 22.4 Å². The van der Waals surface area contributed by atoms with E-state index < -0.39 is 29.0 Å². The van der Waals surface area contributed by atoms with Crippen LogP contribution in [0, 0.1) is 5.82 Å². The SMILES string of the molecule is O=C1c2ccccc2-c2nnc(C(F)(F)F)c(-c3cccc(F)c3)c21. The Labute approximate surface area is 139 Å². The predicted molar refractivity (Wildman–Crippen MR) is 81.3 cm³/mol. The maximum absolute atomic E-state index is 13.6. The van der Waals surface area contributed by atoms with Crippen LogP contribution in [0.5, 0.6) is 0 Å². The number of hydrogen-bond acceptors (Lipinski definition) is 3. The van der Waals surface area contributed by atoms with Crippen LogP contribution in [0.2, 0.25) is 0 Å². The molecule has 0 unspecified atom stereocenters. The Kier molecular flexibility index (Phi) is 3.21. The van der Waals surface area contributed by atoms with E-state index in [9.17, 15) is 22.4 Å². The summed E-state index contributed by atoms with van der Waals surface area (Å²) in [5.74, 6) is -1.29. The zero-order valence-electron chi connectivity index (χ0n) is 12.4. The molecule has 3 nitrogen and oxygen atoms in total. The highest BCUT2D eigenvalue weighted by Crippen LogP contribution is 2.44. The molecule has 0 fully saturated rings. The molecule has 1 heterocycles. The number of nitrogens with zero attached hydrogens (tertiary/aromatic N) is 2. The average molecular weight is 344 g/mol. The van der Waals surface area contributed by atoms with Gasteiger partial charge in [-0.25, -0.2) is 4.39 Å². The van der Waals surface area contributed by atoms with Gasteiger partial charge in [0.25, 0.3) is 0 Å². The number of carbonyl (C=O) groups is 1. The zero-order valence-corrected chi connectivity index (χ0v) is 12.4. The summed E-state index contributed by atoms with van der Waals surface area (Å²) in [6, 6.07) is 11.0. The van der Waals surface area contributed by atoms with Crippen LogP contribution in [-0.4, -0.2) is 16.0 Å². The molecule has 7 heteroatoms. The molecule has 2 aromatic carbocycles. The van der Waals surface area contributed by atoms with Crippen molar-refractivity contribution in [2.24, 2.45) is 0 Å². The van der Waals surface area contributed by atoms with Crippen molar-refractivity contribution < 1.29 is 22.4 Å². The molecule has 0 aliphatic heterocycles. The molecule has 0 atom stereocenters. The monoisotopic (exact) mass is 344 g/mol. The van der Waals surface area contributed by atoms with Crippen molar-refractivity contribution in [1.82, 2.24) is 10.2 Å². The lowest BCUT2D eigenvalue weighted by molar-refractivity contribution is -0.141. The van der Waals surface area contributed by atoms with Gasteiger partial charge in [-0.2, -0.15) is 13.2 Å². The van der Waals surface area contributed by atoms with Gasteiger partial charge in [0, 0.05) is 16.7 Å². The molecule has 0 saturated carbocycles. The Morgan fingerprint density at radius 3 is 2.24 bits per heavy atom. The summed E-state index contributed by atoms with van der Waals surface area (Å²) < 4.78 is 53.9. The van der Waals surface area contributed by atoms with Crippen molar-refractivity contribution in [3.63, 3.8) is 0 Å². The molecule has 1 aliphatic carbocycles. The van der Waals surface area contributed by atoms with Crippen LogP contribution in [0.25, 0.3) is 22.4 Å². The lowest BCUT2D eigenvalue weighted by atomic mass is 9.96. The van der Waals surface area contributed by atoms with Gasteiger partial charge in [0.15, 0.2) is 11.5 Å². The van der Waals surface area contributed by atoms with Gasteiger partial charge in [0.2, 0.25) is 0 Å². The van der Waals surface area contributed by atoms with Crippen molar-refractivity contribution >= 4 is 5.78 Å². The number of carbonyl (C=O) groups excluding carboxylic acids is 1. The molecule has 0 saturated heterocycles. The third kappa shape index (κ3) is 2.31. The van der Waals surface area contributed by atoms with Gasteiger partial charge in [-0.15, -0.1) is 10.2 Å². The van der Waals surface area contributed by atoms with Crippen LogP contribution in [0.1, 0.15) is 21.6 Å². The molecule has 0 spiro atoms. The number of aromatic nitrogens is 2. The van der Waals surface area contributed by atoms with Crippen molar-refractivity contribution in [2.75, 3.05) is 0 Å². The molecule has 1 aromatic heterocycles. The first kappa shape index (κ1) is 15.4. The summed E-state index contributed by atoms with van der Waals surface area (Å²) in [5.41, 5.74) is -1.28. The second-order valence-electron chi connectivity index (χ2n) is 5.53. The third-order valence-corrected chi connectivity index (χ3v) is 4.01. The van der Waals surface area contributed by atoms with E-state index >= 15 is 0 Å². The Morgan fingerprint density at radius 1 is 0.840 bits per heavy atom. The Balaban J connectivity index is 2.10. The highest BCUT2D eigenvalue weighted by atomic mass is 19.4. The highest BCUT2D eigenvalue weighted by molar-refractivity contribution is 6.24. The number of benzene rings is 2. The quantitative estimate of drug-likeness (QED) is 0.477. The molecule has 25 heavy (non-hydrogen) atoms. The molecule has 3 aromatic rings. The maximum atomic E-state index is 13.6. The largest absolute Gasteiger partial charge is 0.435 e. The minimum Gasteiger partial charge on any atom is -0.288 e. The number of ketones is 1. The molecular formula is C18H8F4N2O. The van der Waals surface area contributed by atoms with Gasteiger partial charge in [0.1, 0.15) is 11.5 Å². The maximum Gasteiger partial charge on any atom is 0.435 e. The number of halogens is 4. The first-order valence-electron chi connectivity index (χ1n) is 7.26. The second kappa shape index (κ2) is 5.20. The van der Waals surface area contributed by atoms with E-state index in [0.717, 1.165) is 12.1 Å². The second-order valence-corrected chi connectivity index (χ2v) is 5.53. The van der Waals surface area contributed by atoms with Crippen LogP contribution in [0.4, 0.5) is 17.6 Å². The normalized spacial score (nSPS) is 12.9. The number of fused-ring (bicyclic) bond motifs is 3. The molecule has 0 N–H and O–H groups in total. The summed E-state index contributed by atoms with van der Waals surface area (Å²) >= 11 is 0. The summed E-state index contributed by atoms with van der Waals surface area (Å²) in [4.78, 5) is 12.7. The molecule has 0 amide bonds. The van der Waals surface area contributed by atoms with E-state index in [4.69, 9.17) is 0 Å². The van der Waals surface area contributed by atoms with Gasteiger partial charge in [-0.3, -0.25) is 4.79 Å². The molecule has 0 bridgehead atoms. The van der Waals surface area contributed by atoms with Crippen molar-refractivity contribution in [2.45, 2.75) is 6.18 Å². The molecule has 0 radical (unpaired) electrons. The summed E-state index contributed by atoms with van der Waals surface area (Å²) in [7, 11) is 0. The standard InChI is InChI=1S/C18H8F4N2O/c19-10-5-3-4-9(8-10)13-14-15(23-24-17(13)18(20,21)22)11-6-1-2-7-12(11)16(14)25/h1-8H. The summed E-state index contributed by atoms with van der Waals surface area (Å²) in [6.07, 6.45) is -4.83. The summed E-state index contributed by atoms with van der Waals surface area (Å²) in [6.45, 7) is 0. The first-order chi connectivity index (χ1) is 11.9. The molecule has 4 rings (SSSR count). The predicted octanol–water partition coefficient (Wildman–Crippen LogP) is 4.51. The minimum atomic E-state index is -4.83. The fourth-order valence-corrected chi connectivity index (χ4v) is 2.99. The lowest BCUT2D eigenvalue weighted by Crippen LogP contribution is -2.15. The van der Waals surface area contributed by atoms with Gasteiger partial charge < -0.3 is 0 Å². The number of rotatable bonds is 1. The minimum absolute atomic E-state index is 0.0698. The topological polar surface area (TPSA) is 42.9 Å². The molecular weight excluding hydrogens is 336 g/mol. The van der Waals surface area contributed by atoms with Gasteiger partial charge in [0.05, 0.1) is 5.56 Å². The van der Waals surface area contributed by atoms with Crippen LogP contribution >= 0.6 is 0 Å². The smallest absolute Gasteiger partial charge is 0.288 e. The van der Waals surface area contributed by atoms with E-state index in [1.165, 1.54) is 18.2 Å². The van der Waals surface area contributed by atoms with Gasteiger partial charge in [-0.05, 0) is 17.7 Å².